The number of aliphatic hydroxyl groups excluding tert-OH is 2. The van der Waals surface area contributed by atoms with Crippen LogP contribution >= 0.6 is 0 Å². The number of hydrogen-bond acceptors (Lipinski definition) is 18. The van der Waals surface area contributed by atoms with E-state index in [4.69, 9.17) is 33.2 Å². The van der Waals surface area contributed by atoms with Crippen molar-refractivity contribution in [3.8, 4) is 0 Å². The van der Waals surface area contributed by atoms with E-state index in [1.54, 1.807) is 36.4 Å². The maximum absolute atomic E-state index is 15.6. The van der Waals surface area contributed by atoms with Gasteiger partial charge >= 0.3 is 36.1 Å². The number of nitrogens with zero attached hydrogens (tertiary/aromatic N) is 1. The monoisotopic (exact) mass is 928 g/mol. The molecule has 67 heavy (non-hydrogen) atoms. The first kappa shape index (κ1) is 48.4. The van der Waals surface area contributed by atoms with Gasteiger partial charge in [-0.05, 0) is 68.3 Å². The predicted octanol–water partition coefficient (Wildman–Crippen LogP) is 3.88. The van der Waals surface area contributed by atoms with Gasteiger partial charge in [-0.3, -0.25) is 14.6 Å². The minimum absolute atomic E-state index is 0.0210. The van der Waals surface area contributed by atoms with Crippen LogP contribution in [0.1, 0.15) is 86.8 Å². The Labute approximate surface area is 384 Å². The summed E-state index contributed by atoms with van der Waals surface area (Å²) in [5, 5.41) is 39.9. The number of carbonyl (C=O) groups excluding carboxylic acids is 7. The fraction of sp³-hybridized carbons (Fsp3) is 0.458. The first-order chi connectivity index (χ1) is 31.7. The minimum atomic E-state index is -2.50. The zero-order valence-electron chi connectivity index (χ0n) is 37.5. The van der Waals surface area contributed by atoms with Gasteiger partial charge in [-0.2, -0.15) is 0 Å². The standard InChI is InChI=1S/C48H52N2O17/c1-7-61-44(59)64-36-33-25(2)30(63-42(57)35(53)34(29-20-14-15-21-49-29)50-43(58)66-41(56)28-18-12-9-13-19-28)23-48(60,45(33,4)5)39(65-40(55)27-16-10-8-11-17-27)37-46(6,38(36)54)31(52)22-32-47(37,24-62-32)67-26(3)51/h8-21,30-32,34-37,39,52-53,60H,7,22-24H2,1-6H3,(H,50,58)/t30-,31-,32+,34-,35+,36+,37?,39-,46+,47-,48+/m0/s1. The highest BCUT2D eigenvalue weighted by atomic mass is 16.7. The lowest BCUT2D eigenvalue weighted by molar-refractivity contribution is -0.346. The summed E-state index contributed by atoms with van der Waals surface area (Å²) >= 11 is 0. The summed E-state index contributed by atoms with van der Waals surface area (Å²) in [7, 11) is 0. The second-order valence-electron chi connectivity index (χ2n) is 17.7. The van der Waals surface area contributed by atoms with Crippen molar-refractivity contribution in [2.24, 2.45) is 16.7 Å². The zero-order valence-corrected chi connectivity index (χ0v) is 37.5. The fourth-order valence-electron chi connectivity index (χ4n) is 10.2. The first-order valence-corrected chi connectivity index (χ1v) is 21.6. The molecule has 2 saturated carbocycles. The number of amides is 1. The summed E-state index contributed by atoms with van der Waals surface area (Å²) in [5.41, 5.74) is -8.38. The van der Waals surface area contributed by atoms with E-state index in [0.29, 0.717) is 0 Å². The smallest absolute Gasteiger partial charge is 0.456 e. The van der Waals surface area contributed by atoms with Gasteiger partial charge in [-0.1, -0.05) is 56.3 Å². The van der Waals surface area contributed by atoms with Crippen LogP contribution < -0.4 is 5.32 Å². The number of fused-ring (bicyclic) bond motifs is 5. The number of aromatic nitrogens is 1. The molecule has 3 aromatic rings. The number of benzene rings is 2. The number of ether oxygens (including phenoxy) is 7. The number of ketones is 1. The lowest BCUT2D eigenvalue weighted by Gasteiger charge is -2.67. The molecule has 19 nitrogen and oxygen atoms in total. The molecule has 19 heteroatoms. The van der Waals surface area contributed by atoms with E-state index < -0.39 is 119 Å². The molecule has 3 fully saturated rings. The Kier molecular flexibility index (Phi) is 13.5. The Hall–Kier alpha value is -6.54. The molecule has 0 spiro atoms. The van der Waals surface area contributed by atoms with E-state index in [2.05, 4.69) is 10.3 Å². The lowest BCUT2D eigenvalue weighted by atomic mass is 9.44. The molecule has 2 heterocycles. The zero-order chi connectivity index (χ0) is 48.6. The van der Waals surface area contributed by atoms with Crippen LogP contribution in [0.25, 0.3) is 0 Å². The van der Waals surface area contributed by atoms with E-state index in [0.717, 1.165) is 6.92 Å². The quantitative estimate of drug-likeness (QED) is 0.0920. The molecule has 1 aliphatic heterocycles. The van der Waals surface area contributed by atoms with Crippen molar-refractivity contribution >= 4 is 41.9 Å². The number of nitrogens with one attached hydrogen (secondary N) is 1. The van der Waals surface area contributed by atoms with Gasteiger partial charge in [0.1, 0.15) is 30.0 Å². The van der Waals surface area contributed by atoms with E-state index in [-0.39, 0.29) is 47.6 Å². The molecule has 0 radical (unpaired) electrons. The number of rotatable bonds is 11. The molecule has 3 aliphatic carbocycles. The van der Waals surface area contributed by atoms with Gasteiger partial charge in [0, 0.05) is 31.4 Å². The normalized spacial score (nSPS) is 30.2. The molecule has 1 amide bonds. The summed E-state index contributed by atoms with van der Waals surface area (Å²) in [6, 6.07) is 17.9. The minimum Gasteiger partial charge on any atom is -0.456 e. The van der Waals surface area contributed by atoms with Crippen LogP contribution in [0.4, 0.5) is 9.59 Å². The highest BCUT2D eigenvalue weighted by molar-refractivity contribution is 5.97. The lowest BCUT2D eigenvalue weighted by Crippen LogP contribution is -2.82. The predicted molar refractivity (Wildman–Crippen MR) is 228 cm³/mol. The Bertz CT molecular complexity index is 2450. The highest BCUT2D eigenvalue weighted by Gasteiger charge is 2.78. The average Bonchev–Trinajstić information content (AvgIpc) is 3.29. The number of pyridine rings is 1. The van der Waals surface area contributed by atoms with Crippen molar-refractivity contribution in [3.63, 3.8) is 0 Å². The molecule has 2 bridgehead atoms. The van der Waals surface area contributed by atoms with Crippen LogP contribution in [-0.4, -0.2) is 123 Å². The summed E-state index contributed by atoms with van der Waals surface area (Å²) in [5.74, 6) is -6.88. The van der Waals surface area contributed by atoms with Crippen molar-refractivity contribution < 1.29 is 82.0 Å². The number of aliphatic hydroxyl groups is 3. The fourth-order valence-corrected chi connectivity index (χ4v) is 10.2. The van der Waals surface area contributed by atoms with Crippen molar-refractivity contribution in [1.29, 1.82) is 0 Å². The molecule has 1 aromatic heterocycles. The van der Waals surface area contributed by atoms with Gasteiger partial charge in [0.15, 0.2) is 23.6 Å². The second kappa shape index (κ2) is 18.6. The SMILES string of the molecule is CCOC(=O)O[C@H]1C(=O)[C@@]2(C)C([C@H](OC(=O)c3ccccc3)[C@]3(O)C[C@H](OC(=O)[C@H](O)[C@@H](NC(=O)OC(=O)c4ccccc4)c4ccccn4)C(C)=C1C3(C)C)[C@]1(OC(C)=O)CO[C@@H]1C[C@@H]2O. The third-order valence-corrected chi connectivity index (χ3v) is 13.7. The second-order valence-corrected chi connectivity index (χ2v) is 17.7. The van der Waals surface area contributed by atoms with Crippen LogP contribution in [0.15, 0.2) is 96.2 Å². The molecule has 1 saturated heterocycles. The maximum Gasteiger partial charge on any atom is 0.509 e. The number of esters is 4. The third-order valence-electron chi connectivity index (χ3n) is 13.7. The van der Waals surface area contributed by atoms with Gasteiger partial charge < -0.3 is 53.8 Å². The van der Waals surface area contributed by atoms with Crippen molar-refractivity contribution in [3.05, 3.63) is 113 Å². The van der Waals surface area contributed by atoms with Gasteiger partial charge in [0.25, 0.3) is 0 Å². The number of alkyl carbamates (subject to hydrolysis) is 1. The molecule has 2 aromatic carbocycles. The average molecular weight is 929 g/mol. The van der Waals surface area contributed by atoms with Crippen LogP contribution in [0.5, 0.6) is 0 Å². The molecule has 1 unspecified atom stereocenters. The molecule has 356 valence electrons. The third kappa shape index (κ3) is 8.56. The molecular weight excluding hydrogens is 877 g/mol. The van der Waals surface area contributed by atoms with Crippen molar-refractivity contribution in [1.82, 2.24) is 10.3 Å². The number of carbonyl (C=O) groups is 7. The Balaban J connectivity index is 1.36. The molecule has 11 atom stereocenters. The Morgan fingerprint density at radius 1 is 0.896 bits per heavy atom. The summed E-state index contributed by atoms with van der Waals surface area (Å²) in [4.78, 5) is 101. The maximum atomic E-state index is 15.6. The van der Waals surface area contributed by atoms with Crippen molar-refractivity contribution in [2.75, 3.05) is 13.2 Å². The van der Waals surface area contributed by atoms with Crippen LogP contribution in [0, 0.1) is 16.7 Å². The first-order valence-electron chi connectivity index (χ1n) is 21.6. The molecule has 4 aliphatic rings. The molecule has 4 N–H and O–H groups in total. The highest BCUT2D eigenvalue weighted by Crippen LogP contribution is 2.64. The van der Waals surface area contributed by atoms with E-state index in [9.17, 15) is 44.1 Å². The summed E-state index contributed by atoms with van der Waals surface area (Å²) < 4.78 is 40.2. The topological polar surface area (TPSA) is 270 Å². The summed E-state index contributed by atoms with van der Waals surface area (Å²) in [6.07, 6.45) is -12.8. The molecule has 7 rings (SSSR count). The van der Waals surface area contributed by atoms with Gasteiger partial charge in [-0.25, -0.2) is 24.0 Å². The van der Waals surface area contributed by atoms with Crippen LogP contribution in [0.2, 0.25) is 0 Å². The Morgan fingerprint density at radius 3 is 2.09 bits per heavy atom. The van der Waals surface area contributed by atoms with E-state index in [1.807, 2.05) is 0 Å². The van der Waals surface area contributed by atoms with E-state index >= 15 is 4.79 Å². The van der Waals surface area contributed by atoms with Gasteiger partial charge in [0.05, 0.1) is 47.5 Å². The number of hydrogen-bond donors (Lipinski definition) is 4. The number of Topliss-reactive ketones (excluding diaryl/α,β-unsaturated/α-hetero) is 1. The van der Waals surface area contributed by atoms with Crippen LogP contribution in [0.3, 0.4) is 0 Å². The van der Waals surface area contributed by atoms with Crippen molar-refractivity contribution in [2.45, 2.75) is 108 Å². The Morgan fingerprint density at radius 2 is 1.52 bits per heavy atom. The largest absolute Gasteiger partial charge is 0.509 e. The van der Waals surface area contributed by atoms with E-state index in [1.165, 1.54) is 83.3 Å². The van der Waals surface area contributed by atoms with Crippen LogP contribution in [-0.2, 0) is 47.5 Å². The summed E-state index contributed by atoms with van der Waals surface area (Å²) in [6.45, 7) is 7.84. The van der Waals surface area contributed by atoms with Gasteiger partial charge in [0.2, 0.25) is 0 Å². The molecular formula is C48H52N2O17. The van der Waals surface area contributed by atoms with Gasteiger partial charge in [-0.15, -0.1) is 0 Å².